The summed E-state index contributed by atoms with van der Waals surface area (Å²) in [5.41, 5.74) is -6.68. The van der Waals surface area contributed by atoms with E-state index in [4.69, 9.17) is 14.9 Å². The van der Waals surface area contributed by atoms with Gasteiger partial charge in [-0.1, -0.05) is 54.6 Å². The summed E-state index contributed by atoms with van der Waals surface area (Å²) >= 11 is 0. The van der Waals surface area contributed by atoms with Gasteiger partial charge in [-0.05, 0) is 12.1 Å². The Hall–Kier alpha value is -4.26. The molecule has 5 nitrogen and oxygen atoms in total. The van der Waals surface area contributed by atoms with Crippen molar-refractivity contribution in [3.63, 3.8) is 0 Å². The van der Waals surface area contributed by atoms with Gasteiger partial charge in [-0.2, -0.15) is 23.7 Å². The average molecular weight is 419 g/mol. The van der Waals surface area contributed by atoms with Crippen molar-refractivity contribution < 1.29 is 22.6 Å². The van der Waals surface area contributed by atoms with Crippen LogP contribution in [0.3, 0.4) is 0 Å². The molecule has 0 bridgehead atoms. The summed E-state index contributed by atoms with van der Waals surface area (Å²) in [5.74, 6) is 1.19. The van der Waals surface area contributed by atoms with Crippen molar-refractivity contribution in [3.05, 3.63) is 88.7 Å². The van der Waals surface area contributed by atoms with Gasteiger partial charge in [0.1, 0.15) is 23.5 Å². The highest BCUT2D eigenvalue weighted by atomic mass is 19.4. The molecular formula is C23H12F3N3O2. The molecule has 1 N–H and O–H groups in total. The molecule has 0 amide bonds. The molecular weight excluding hydrogens is 407 g/mol. The minimum atomic E-state index is -5.09. The fraction of sp³-hybridized carbons (Fsp3) is 0.130. The number of nitrogens with zero attached hydrogens (tertiary/aromatic N) is 2. The van der Waals surface area contributed by atoms with Gasteiger partial charge in [0.25, 0.3) is 5.60 Å². The minimum Gasteiger partial charge on any atom is -0.472 e. The number of halogens is 3. The second-order valence-corrected chi connectivity index (χ2v) is 6.78. The maximum absolute atomic E-state index is 14.9. The molecule has 2 aliphatic heterocycles. The number of para-hydroxylation sites is 1. The zero-order chi connectivity index (χ0) is 22.3. The first kappa shape index (κ1) is 20.0. The second kappa shape index (κ2) is 6.91. The molecule has 0 radical (unpaired) electrons. The molecule has 31 heavy (non-hydrogen) atoms. The van der Waals surface area contributed by atoms with Crippen molar-refractivity contribution in [3.8, 4) is 17.9 Å². The van der Waals surface area contributed by atoms with Crippen LogP contribution in [0.25, 0.3) is 6.08 Å². The molecule has 2 aromatic carbocycles. The number of hydrogen-bond donors (Lipinski definition) is 1. The molecule has 0 aromatic heterocycles. The average Bonchev–Trinajstić information content (AvgIpc) is 3.05. The number of fused-ring (bicyclic) bond motifs is 1. The molecule has 2 heterocycles. The fourth-order valence-corrected chi connectivity index (χ4v) is 3.90. The van der Waals surface area contributed by atoms with Crippen LogP contribution in [0.4, 0.5) is 13.2 Å². The van der Waals surface area contributed by atoms with Crippen molar-refractivity contribution in [2.45, 2.75) is 17.4 Å². The maximum atomic E-state index is 14.9. The van der Waals surface area contributed by atoms with E-state index >= 15 is 0 Å². The van der Waals surface area contributed by atoms with Crippen molar-refractivity contribution in [2.75, 3.05) is 0 Å². The first-order valence-corrected chi connectivity index (χ1v) is 8.98. The normalized spacial score (nSPS) is 23.8. The summed E-state index contributed by atoms with van der Waals surface area (Å²) < 4.78 is 56.2. The summed E-state index contributed by atoms with van der Waals surface area (Å²) in [6, 6.07) is 16.5. The first-order chi connectivity index (χ1) is 14.8. The maximum Gasteiger partial charge on any atom is 0.437 e. The Balaban J connectivity index is 2.13. The quantitative estimate of drug-likeness (QED) is 0.560. The van der Waals surface area contributed by atoms with Crippen molar-refractivity contribution >= 4 is 11.9 Å². The van der Waals surface area contributed by atoms with Crippen molar-refractivity contribution in [2.24, 2.45) is 0 Å². The standard InChI is InChI=1S/C23H12F3N3O2/c24-23(25,26)22(17-7-2-1-3-8-17)21(11-10-15-6-4-5-9-19(15)30-21)18(14-29)20(31-22)16(12-27)13-28/h1-11,27H. The number of nitrogens with one attached hydrogen (secondary N) is 1. The first-order valence-electron chi connectivity index (χ1n) is 8.98. The third-order valence-electron chi connectivity index (χ3n) is 5.22. The number of hydrogen-bond acceptors (Lipinski definition) is 5. The summed E-state index contributed by atoms with van der Waals surface area (Å²) in [4.78, 5) is 0. The molecule has 2 atom stereocenters. The molecule has 0 fully saturated rings. The molecule has 2 unspecified atom stereocenters. The van der Waals surface area contributed by atoms with Crippen LogP contribution in [-0.4, -0.2) is 17.6 Å². The number of allylic oxidation sites excluding steroid dienone is 1. The largest absolute Gasteiger partial charge is 0.472 e. The lowest BCUT2D eigenvalue weighted by molar-refractivity contribution is -0.297. The SMILES string of the molecule is N#CC(=C=N)C1=C(C#N)C2(C=Cc3ccccc3O2)C(c2ccccc2)(C(F)(F)F)O1. The zero-order valence-corrected chi connectivity index (χ0v) is 15.7. The smallest absolute Gasteiger partial charge is 0.437 e. The third kappa shape index (κ3) is 2.60. The lowest BCUT2D eigenvalue weighted by atomic mass is 9.72. The topological polar surface area (TPSA) is 89.9 Å². The van der Waals surface area contributed by atoms with Crippen LogP contribution in [0.15, 0.2) is 77.6 Å². The van der Waals surface area contributed by atoms with Crippen LogP contribution in [0.2, 0.25) is 0 Å². The van der Waals surface area contributed by atoms with Gasteiger partial charge in [0.05, 0.1) is 0 Å². The molecule has 4 rings (SSSR count). The van der Waals surface area contributed by atoms with Gasteiger partial charge in [0.2, 0.25) is 5.60 Å². The van der Waals surface area contributed by atoms with Gasteiger partial charge >= 0.3 is 6.18 Å². The minimum absolute atomic E-state index is 0.115. The van der Waals surface area contributed by atoms with Crippen molar-refractivity contribution in [1.29, 1.82) is 15.9 Å². The van der Waals surface area contributed by atoms with Gasteiger partial charge < -0.3 is 9.47 Å². The molecule has 2 aromatic rings. The van der Waals surface area contributed by atoms with Gasteiger partial charge in [-0.3, -0.25) is 5.41 Å². The highest BCUT2D eigenvalue weighted by molar-refractivity contribution is 5.74. The predicted octanol–water partition coefficient (Wildman–Crippen LogP) is 4.80. The highest BCUT2D eigenvalue weighted by Crippen LogP contribution is 2.61. The Labute approximate surface area is 175 Å². The Kier molecular flexibility index (Phi) is 4.47. The third-order valence-corrected chi connectivity index (χ3v) is 5.22. The van der Waals surface area contributed by atoms with E-state index in [9.17, 15) is 23.7 Å². The van der Waals surface area contributed by atoms with Gasteiger partial charge in [-0.15, -0.1) is 0 Å². The summed E-state index contributed by atoms with van der Waals surface area (Å²) in [5, 5.41) is 26.6. The molecule has 152 valence electrons. The second-order valence-electron chi connectivity index (χ2n) is 6.78. The molecule has 2 aliphatic rings. The van der Waals surface area contributed by atoms with E-state index in [1.54, 1.807) is 42.3 Å². The molecule has 1 spiro atoms. The van der Waals surface area contributed by atoms with Crippen LogP contribution < -0.4 is 4.74 Å². The summed E-state index contributed by atoms with van der Waals surface area (Å²) in [6.45, 7) is 0. The summed E-state index contributed by atoms with van der Waals surface area (Å²) in [6.07, 6.45) is -2.54. The van der Waals surface area contributed by atoms with Crippen molar-refractivity contribution in [1.82, 2.24) is 0 Å². The number of rotatable bonds is 2. The van der Waals surface area contributed by atoms with E-state index in [1.807, 2.05) is 0 Å². The van der Waals surface area contributed by atoms with Crippen LogP contribution in [0.5, 0.6) is 5.75 Å². The van der Waals surface area contributed by atoms with Crippen LogP contribution in [-0.2, 0) is 10.3 Å². The Bertz CT molecular complexity index is 1260. The Morgan fingerprint density at radius 3 is 2.26 bits per heavy atom. The lowest BCUT2D eigenvalue weighted by Gasteiger charge is -2.45. The lowest BCUT2D eigenvalue weighted by Crippen LogP contribution is -2.62. The number of ether oxygens (including phenoxy) is 2. The monoisotopic (exact) mass is 419 g/mol. The van der Waals surface area contributed by atoms with E-state index < -0.39 is 34.3 Å². The van der Waals surface area contributed by atoms with E-state index in [0.717, 1.165) is 6.08 Å². The van der Waals surface area contributed by atoms with E-state index in [2.05, 4.69) is 0 Å². The molecule has 0 aliphatic carbocycles. The predicted molar refractivity (Wildman–Crippen MR) is 104 cm³/mol. The van der Waals surface area contributed by atoms with E-state index in [1.165, 1.54) is 36.4 Å². The van der Waals surface area contributed by atoms with E-state index in [-0.39, 0.29) is 11.3 Å². The van der Waals surface area contributed by atoms with Crippen LogP contribution in [0, 0.1) is 28.1 Å². The van der Waals surface area contributed by atoms with Gasteiger partial charge in [0.15, 0.2) is 11.3 Å². The fourth-order valence-electron chi connectivity index (χ4n) is 3.90. The molecule has 0 saturated carbocycles. The van der Waals surface area contributed by atoms with Gasteiger partial charge in [0, 0.05) is 17.0 Å². The number of nitriles is 2. The number of benzene rings is 2. The highest BCUT2D eigenvalue weighted by Gasteiger charge is 2.77. The van der Waals surface area contributed by atoms with Gasteiger partial charge in [-0.25, -0.2) is 0 Å². The Morgan fingerprint density at radius 2 is 1.65 bits per heavy atom. The Morgan fingerprint density at radius 1 is 0.968 bits per heavy atom. The van der Waals surface area contributed by atoms with E-state index in [0.29, 0.717) is 5.56 Å². The van der Waals surface area contributed by atoms with Crippen LogP contribution >= 0.6 is 0 Å². The van der Waals surface area contributed by atoms with Crippen LogP contribution in [0.1, 0.15) is 11.1 Å². The zero-order valence-electron chi connectivity index (χ0n) is 15.7. The number of alkyl halides is 3. The molecule has 0 saturated heterocycles. The molecule has 8 heteroatoms. The summed E-state index contributed by atoms with van der Waals surface area (Å²) in [7, 11) is 0.